The van der Waals surface area contributed by atoms with E-state index in [1.807, 2.05) is 26.1 Å². The van der Waals surface area contributed by atoms with Crippen molar-refractivity contribution < 1.29 is 14.6 Å². The molecule has 1 heterocycles. The maximum Gasteiger partial charge on any atom is 0.142 e. The zero-order chi connectivity index (χ0) is 28.6. The number of halogens is 1. The number of ether oxygens (including phenoxy) is 1. The van der Waals surface area contributed by atoms with Crippen LogP contribution in [-0.4, -0.2) is 44.2 Å². The predicted octanol–water partition coefficient (Wildman–Crippen LogP) is 7.31. The number of fused-ring (bicyclic) bond motifs is 1. The number of rotatable bonds is 13. The molecule has 5 nitrogen and oxygen atoms in total. The van der Waals surface area contributed by atoms with E-state index in [-0.39, 0.29) is 23.7 Å². The van der Waals surface area contributed by atoms with Gasteiger partial charge in [0.2, 0.25) is 0 Å². The molecule has 1 fully saturated rings. The fourth-order valence-electron chi connectivity index (χ4n) is 5.95. The lowest BCUT2D eigenvalue weighted by Crippen LogP contribution is -2.43. The zero-order valence-electron chi connectivity index (χ0n) is 24.3. The van der Waals surface area contributed by atoms with Crippen LogP contribution in [0.4, 0.5) is 5.69 Å². The Kier molecular flexibility index (Phi) is 11.4. The Hall–Kier alpha value is -1.99. The van der Waals surface area contributed by atoms with Crippen LogP contribution in [0.3, 0.4) is 0 Å². The Morgan fingerprint density at radius 1 is 1.23 bits per heavy atom. The van der Waals surface area contributed by atoms with Gasteiger partial charge in [0.1, 0.15) is 12.0 Å². The first-order valence-corrected chi connectivity index (χ1v) is 16.0. The molecule has 40 heavy (non-hydrogen) atoms. The highest BCUT2D eigenvalue weighted by Gasteiger charge is 2.38. The molecule has 0 amide bonds. The van der Waals surface area contributed by atoms with E-state index in [0.29, 0.717) is 12.5 Å². The molecule has 0 saturated heterocycles. The van der Waals surface area contributed by atoms with Crippen LogP contribution in [-0.2, 0) is 11.2 Å². The van der Waals surface area contributed by atoms with E-state index in [4.69, 9.17) is 16.3 Å². The molecule has 2 aromatic rings. The second-order valence-corrected chi connectivity index (χ2v) is 13.1. The number of hydrogen-bond acceptors (Lipinski definition) is 6. The van der Waals surface area contributed by atoms with E-state index in [9.17, 15) is 9.90 Å². The molecule has 1 aliphatic carbocycles. The number of hydrogen-bond donors (Lipinski definition) is 2. The normalized spacial score (nSPS) is 23.1. The average molecular weight is 585 g/mol. The number of carbonyl (C=O) groups is 1. The van der Waals surface area contributed by atoms with Gasteiger partial charge < -0.3 is 19.5 Å². The maximum atomic E-state index is 11.1. The van der Waals surface area contributed by atoms with Crippen molar-refractivity contribution in [3.8, 4) is 5.75 Å². The summed E-state index contributed by atoms with van der Waals surface area (Å²) in [5.74, 6) is 2.08. The van der Waals surface area contributed by atoms with Gasteiger partial charge in [0, 0.05) is 34.8 Å². The second-order valence-electron chi connectivity index (χ2n) is 11.6. The molecule has 2 aromatic carbocycles. The van der Waals surface area contributed by atoms with Crippen LogP contribution in [0.15, 0.2) is 53.4 Å². The summed E-state index contributed by atoms with van der Waals surface area (Å²) in [5.41, 5.74) is 3.75. The van der Waals surface area contributed by atoms with Crippen molar-refractivity contribution in [2.75, 3.05) is 31.6 Å². The minimum atomic E-state index is -0.463. The van der Waals surface area contributed by atoms with E-state index in [1.54, 1.807) is 11.9 Å². The number of carbonyl (C=O) groups excluding carboxylic acids is 1. The van der Waals surface area contributed by atoms with Crippen LogP contribution in [0.2, 0.25) is 5.02 Å². The minimum Gasteiger partial charge on any atom is -0.491 e. The van der Waals surface area contributed by atoms with Gasteiger partial charge in [-0.1, -0.05) is 57.0 Å². The topological polar surface area (TPSA) is 61.8 Å². The van der Waals surface area contributed by atoms with Gasteiger partial charge >= 0.3 is 0 Å². The number of benzene rings is 2. The number of nitrogens with zero attached hydrogens (tertiary/aromatic N) is 1. The van der Waals surface area contributed by atoms with Crippen molar-refractivity contribution in [1.82, 2.24) is 4.72 Å². The Bertz CT molecular complexity index is 1160. The quantitative estimate of drug-likeness (QED) is 0.146. The van der Waals surface area contributed by atoms with Crippen LogP contribution >= 0.6 is 23.5 Å². The Balaban J connectivity index is 1.55. The number of aldehydes is 1. The lowest BCUT2D eigenvalue weighted by Gasteiger charge is -2.42. The minimum absolute atomic E-state index is 0.0287. The number of anilines is 1. The van der Waals surface area contributed by atoms with Crippen LogP contribution in [0, 0.1) is 23.7 Å². The zero-order valence-corrected chi connectivity index (χ0v) is 25.9. The van der Waals surface area contributed by atoms with E-state index in [2.05, 4.69) is 59.9 Å². The predicted molar refractivity (Wildman–Crippen MR) is 168 cm³/mol. The number of aliphatic hydroxyl groups is 1. The standard InChI is InChI=1S/C33H45ClN2O3S/c1-5-7-24-16-27(34)11-14-29(24)26-19-36(31-17-28(40-35-4)12-15-33(31)39-21-26)18-25-10-13-30(25)32(38)9-6-8-22(2)23(3)20-37/h6,9,11-12,14-17,20,22-23,25-26,30,32,35,38H,5,7-8,10,13,18-19,21H2,1-4H3/b9-6+. The molecular weight excluding hydrogens is 540 g/mol. The molecule has 7 heteroatoms. The summed E-state index contributed by atoms with van der Waals surface area (Å²) in [6.45, 7) is 8.61. The molecule has 0 spiro atoms. The van der Waals surface area contributed by atoms with Crippen LogP contribution < -0.4 is 14.4 Å². The lowest BCUT2D eigenvalue weighted by atomic mass is 9.70. The first kappa shape index (κ1) is 31.0. The smallest absolute Gasteiger partial charge is 0.142 e. The summed E-state index contributed by atoms with van der Waals surface area (Å²) in [6.07, 6.45) is 9.58. The van der Waals surface area contributed by atoms with Crippen molar-refractivity contribution in [3.05, 3.63) is 64.7 Å². The van der Waals surface area contributed by atoms with Gasteiger partial charge in [-0.2, -0.15) is 0 Å². The maximum absolute atomic E-state index is 11.1. The Morgan fingerprint density at radius 2 is 2.05 bits per heavy atom. The third-order valence-electron chi connectivity index (χ3n) is 8.76. The molecule has 6 unspecified atom stereocenters. The average Bonchev–Trinajstić information content (AvgIpc) is 3.10. The highest BCUT2D eigenvalue weighted by atomic mass is 35.5. The monoisotopic (exact) mass is 584 g/mol. The molecule has 218 valence electrons. The largest absolute Gasteiger partial charge is 0.491 e. The number of nitrogens with one attached hydrogen (secondary N) is 1. The molecule has 0 aromatic heterocycles. The first-order valence-electron chi connectivity index (χ1n) is 14.8. The highest BCUT2D eigenvalue weighted by molar-refractivity contribution is 7.97. The second kappa shape index (κ2) is 14.8. The number of aryl methyl sites for hydroxylation is 1. The van der Waals surface area contributed by atoms with E-state index < -0.39 is 6.10 Å². The number of allylic oxidation sites excluding steroid dienone is 1. The van der Waals surface area contributed by atoms with Gasteiger partial charge in [-0.3, -0.25) is 4.72 Å². The molecule has 2 N–H and O–H groups in total. The van der Waals surface area contributed by atoms with Crippen molar-refractivity contribution >= 4 is 35.5 Å². The summed E-state index contributed by atoms with van der Waals surface area (Å²) >= 11 is 8.00. The van der Waals surface area contributed by atoms with Crippen LogP contribution in [0.1, 0.15) is 63.5 Å². The third kappa shape index (κ3) is 7.64. The Morgan fingerprint density at radius 3 is 2.75 bits per heavy atom. The van der Waals surface area contributed by atoms with Gasteiger partial charge in [-0.25, -0.2) is 0 Å². The summed E-state index contributed by atoms with van der Waals surface area (Å²) in [5, 5.41) is 11.9. The van der Waals surface area contributed by atoms with E-state index in [0.717, 1.165) is 72.8 Å². The lowest BCUT2D eigenvalue weighted by molar-refractivity contribution is -0.111. The van der Waals surface area contributed by atoms with Gasteiger partial charge in [-0.05, 0) is 104 Å². The Labute approximate surface area is 249 Å². The van der Waals surface area contributed by atoms with Crippen molar-refractivity contribution in [1.29, 1.82) is 0 Å². The van der Waals surface area contributed by atoms with Gasteiger partial charge in [0.05, 0.1) is 18.4 Å². The molecular formula is C33H45ClN2O3S. The fraction of sp³-hybridized carbons (Fsp3) is 0.545. The highest BCUT2D eigenvalue weighted by Crippen LogP contribution is 2.43. The summed E-state index contributed by atoms with van der Waals surface area (Å²) in [7, 11) is 1.94. The molecule has 0 radical (unpaired) electrons. The van der Waals surface area contributed by atoms with E-state index in [1.165, 1.54) is 11.1 Å². The van der Waals surface area contributed by atoms with Gasteiger partial charge in [-0.15, -0.1) is 0 Å². The third-order valence-corrected chi connectivity index (χ3v) is 9.69. The first-order chi connectivity index (χ1) is 19.3. The van der Waals surface area contributed by atoms with Crippen molar-refractivity contribution in [2.24, 2.45) is 23.7 Å². The molecule has 4 rings (SSSR count). The van der Waals surface area contributed by atoms with Crippen molar-refractivity contribution in [2.45, 2.75) is 69.8 Å². The van der Waals surface area contributed by atoms with Gasteiger partial charge in [0.15, 0.2) is 0 Å². The molecule has 1 aliphatic heterocycles. The molecule has 0 bridgehead atoms. The van der Waals surface area contributed by atoms with Crippen LogP contribution in [0.5, 0.6) is 5.75 Å². The van der Waals surface area contributed by atoms with E-state index >= 15 is 0 Å². The van der Waals surface area contributed by atoms with Gasteiger partial charge in [0.25, 0.3) is 0 Å². The van der Waals surface area contributed by atoms with Crippen LogP contribution in [0.25, 0.3) is 0 Å². The molecule has 1 saturated carbocycles. The summed E-state index contributed by atoms with van der Waals surface area (Å²) in [6, 6.07) is 12.7. The number of aliphatic hydroxyl groups excluding tert-OH is 1. The fourth-order valence-corrected chi connectivity index (χ4v) is 6.69. The SMILES string of the molecule is CCCc1cc(Cl)ccc1C1COc2ccc(SNC)cc2N(CC2CCC2C(O)/C=C/CC(C)C(C)C=O)C1. The van der Waals surface area contributed by atoms with Crippen molar-refractivity contribution in [3.63, 3.8) is 0 Å². The molecule has 2 aliphatic rings. The molecule has 6 atom stereocenters. The summed E-state index contributed by atoms with van der Waals surface area (Å²) < 4.78 is 9.65. The summed E-state index contributed by atoms with van der Waals surface area (Å²) in [4.78, 5) is 14.7.